The second kappa shape index (κ2) is 12.3. The van der Waals surface area contributed by atoms with Crippen molar-refractivity contribution >= 4 is 17.3 Å². The standard InChI is InChI=1S/C35H42N6O6/c1-34(2,44)21-46-27-4-6-30-23(17-38-41(30)20-27)12-32(42)39-25-13-35(14-25)15-28(16-35)47-31-11-22(3-5-29(31)33(36)43)24-18-37-40(19-24)26-7-9-45-10-8-26/h3-6,11,17-20,25-26,28,44H,7-10,12-16,21H2,1-2H3,(H2,36,43)(H,39,42). The van der Waals surface area contributed by atoms with Crippen LogP contribution >= 0.6 is 0 Å². The lowest BCUT2D eigenvalue weighted by Crippen LogP contribution is -2.59. The molecule has 1 aromatic carbocycles. The zero-order valence-corrected chi connectivity index (χ0v) is 26.9. The first-order valence-electron chi connectivity index (χ1n) is 16.4. The molecule has 1 saturated heterocycles. The molecule has 0 radical (unpaired) electrons. The third-order valence-electron chi connectivity index (χ3n) is 9.60. The van der Waals surface area contributed by atoms with Gasteiger partial charge in [-0.25, -0.2) is 4.52 Å². The number of hydrogen-bond acceptors (Lipinski definition) is 8. The van der Waals surface area contributed by atoms with Gasteiger partial charge in [0, 0.05) is 36.6 Å². The molecule has 1 spiro atoms. The van der Waals surface area contributed by atoms with E-state index in [1.807, 2.05) is 41.3 Å². The number of benzene rings is 1. The second-order valence-corrected chi connectivity index (χ2v) is 14.1. The number of primary amides is 1. The Kier molecular flexibility index (Phi) is 8.17. The third-order valence-corrected chi connectivity index (χ3v) is 9.60. The molecule has 1 aliphatic heterocycles. The van der Waals surface area contributed by atoms with Crippen LogP contribution in [0.25, 0.3) is 16.6 Å². The van der Waals surface area contributed by atoms with E-state index in [0.29, 0.717) is 23.1 Å². The lowest BCUT2D eigenvalue weighted by atomic mass is 9.53. The summed E-state index contributed by atoms with van der Waals surface area (Å²) in [4.78, 5) is 25.1. The molecule has 0 unspecified atom stereocenters. The minimum absolute atomic E-state index is 0.0129. The van der Waals surface area contributed by atoms with Gasteiger partial charge in [0.2, 0.25) is 5.91 Å². The highest BCUT2D eigenvalue weighted by Gasteiger charge is 2.54. The van der Waals surface area contributed by atoms with E-state index in [0.717, 1.165) is 73.9 Å². The number of pyridine rings is 1. The molecule has 3 aromatic heterocycles. The number of carbonyl (C=O) groups is 2. The maximum absolute atomic E-state index is 12.9. The van der Waals surface area contributed by atoms with Crippen molar-refractivity contribution in [1.29, 1.82) is 0 Å². The van der Waals surface area contributed by atoms with Crippen LogP contribution in [0.3, 0.4) is 0 Å². The molecule has 248 valence electrons. The van der Waals surface area contributed by atoms with Crippen molar-refractivity contribution in [2.75, 3.05) is 19.8 Å². The van der Waals surface area contributed by atoms with Gasteiger partial charge in [0.25, 0.3) is 5.91 Å². The molecular weight excluding hydrogens is 600 g/mol. The molecule has 12 nitrogen and oxygen atoms in total. The van der Waals surface area contributed by atoms with Crippen molar-refractivity contribution in [3.63, 3.8) is 0 Å². The summed E-state index contributed by atoms with van der Waals surface area (Å²) in [6, 6.07) is 9.66. The van der Waals surface area contributed by atoms with Crippen LogP contribution in [0.5, 0.6) is 11.5 Å². The molecular formula is C35H42N6O6. The lowest BCUT2D eigenvalue weighted by Gasteiger charge is -2.57. The number of rotatable bonds is 11. The number of fused-ring (bicyclic) bond motifs is 1. The molecule has 47 heavy (non-hydrogen) atoms. The Balaban J connectivity index is 0.909. The summed E-state index contributed by atoms with van der Waals surface area (Å²) < 4.78 is 21.2. The van der Waals surface area contributed by atoms with Crippen molar-refractivity contribution in [3.05, 3.63) is 66.2 Å². The lowest BCUT2D eigenvalue weighted by molar-refractivity contribution is -0.126. The van der Waals surface area contributed by atoms with E-state index in [-0.39, 0.29) is 36.5 Å². The van der Waals surface area contributed by atoms with Crippen LogP contribution < -0.4 is 20.5 Å². The topological polar surface area (TPSA) is 155 Å². The third kappa shape index (κ3) is 6.84. The van der Waals surface area contributed by atoms with Gasteiger partial charge in [0.05, 0.1) is 53.8 Å². The number of ether oxygens (including phenoxy) is 3. The van der Waals surface area contributed by atoms with Gasteiger partial charge < -0.3 is 30.4 Å². The largest absolute Gasteiger partial charge is 0.490 e. The Bertz CT molecular complexity index is 1770. The van der Waals surface area contributed by atoms with Crippen LogP contribution in [0, 0.1) is 5.41 Å². The van der Waals surface area contributed by atoms with Gasteiger partial charge in [-0.1, -0.05) is 6.07 Å². The second-order valence-electron chi connectivity index (χ2n) is 14.1. The van der Waals surface area contributed by atoms with Crippen LogP contribution in [-0.2, 0) is 16.0 Å². The fourth-order valence-corrected chi connectivity index (χ4v) is 7.18. The number of aromatic nitrogens is 4. The van der Waals surface area contributed by atoms with Crippen molar-refractivity contribution in [3.8, 4) is 22.6 Å². The predicted octanol–water partition coefficient (Wildman–Crippen LogP) is 3.85. The summed E-state index contributed by atoms with van der Waals surface area (Å²) in [6.45, 7) is 5.02. The summed E-state index contributed by atoms with van der Waals surface area (Å²) in [5.74, 6) is 0.549. The van der Waals surface area contributed by atoms with Gasteiger partial charge in [-0.3, -0.25) is 14.3 Å². The predicted molar refractivity (Wildman–Crippen MR) is 173 cm³/mol. The highest BCUT2D eigenvalue weighted by molar-refractivity contribution is 5.96. The Hall–Kier alpha value is -4.42. The van der Waals surface area contributed by atoms with Crippen LogP contribution in [-0.4, -0.2) is 73.9 Å². The summed E-state index contributed by atoms with van der Waals surface area (Å²) >= 11 is 0. The Morgan fingerprint density at radius 3 is 2.60 bits per heavy atom. The van der Waals surface area contributed by atoms with E-state index in [2.05, 4.69) is 15.5 Å². The Morgan fingerprint density at radius 2 is 1.85 bits per heavy atom. The summed E-state index contributed by atoms with van der Waals surface area (Å²) in [5, 5.41) is 22.1. The number of nitrogens with zero attached hydrogens (tertiary/aromatic N) is 4. The summed E-state index contributed by atoms with van der Waals surface area (Å²) in [5.41, 5.74) is 8.86. The minimum Gasteiger partial charge on any atom is -0.490 e. The monoisotopic (exact) mass is 642 g/mol. The molecule has 2 saturated carbocycles. The van der Waals surface area contributed by atoms with E-state index in [1.165, 1.54) is 0 Å². The van der Waals surface area contributed by atoms with E-state index in [1.54, 1.807) is 36.8 Å². The van der Waals surface area contributed by atoms with Gasteiger partial charge in [0.15, 0.2) is 0 Å². The maximum Gasteiger partial charge on any atom is 0.252 e. The minimum atomic E-state index is -0.937. The van der Waals surface area contributed by atoms with Crippen LogP contribution in [0.4, 0.5) is 0 Å². The molecule has 0 atom stereocenters. The van der Waals surface area contributed by atoms with E-state index in [4.69, 9.17) is 19.9 Å². The molecule has 4 heterocycles. The average Bonchev–Trinajstić information content (AvgIpc) is 3.65. The van der Waals surface area contributed by atoms with Gasteiger partial charge in [0.1, 0.15) is 18.1 Å². The SMILES string of the molecule is CC(C)(O)COc1ccc2c(CC(=O)NC3CC4(C3)CC(Oc3cc(-c5cnn(C6CCOCC6)c5)ccc3C(N)=O)C4)cnn2c1. The number of hydrogen-bond donors (Lipinski definition) is 3. The van der Waals surface area contributed by atoms with Crippen molar-refractivity contribution in [1.82, 2.24) is 24.7 Å². The van der Waals surface area contributed by atoms with Crippen molar-refractivity contribution < 1.29 is 28.9 Å². The van der Waals surface area contributed by atoms with Crippen LogP contribution in [0.15, 0.2) is 55.1 Å². The molecule has 3 fully saturated rings. The molecule has 2 aliphatic carbocycles. The summed E-state index contributed by atoms with van der Waals surface area (Å²) in [6.07, 6.45) is 13.0. The normalized spacial score (nSPS) is 22.9. The molecule has 12 heteroatoms. The quantitative estimate of drug-likeness (QED) is 0.223. The molecule has 0 bridgehead atoms. The van der Waals surface area contributed by atoms with Gasteiger partial charge in [-0.05, 0) is 87.6 Å². The molecule has 4 N–H and O–H groups in total. The fraction of sp³-hybridized carbons (Fsp3) is 0.486. The molecule has 7 rings (SSSR count). The molecule has 4 aromatic rings. The van der Waals surface area contributed by atoms with Crippen LogP contribution in [0.2, 0.25) is 0 Å². The fourth-order valence-electron chi connectivity index (χ4n) is 7.18. The smallest absolute Gasteiger partial charge is 0.252 e. The Labute approximate surface area is 273 Å². The van der Waals surface area contributed by atoms with Gasteiger partial charge in [-0.2, -0.15) is 10.2 Å². The number of amides is 2. The van der Waals surface area contributed by atoms with Crippen LogP contribution in [0.1, 0.15) is 74.3 Å². The van der Waals surface area contributed by atoms with E-state index in [9.17, 15) is 14.7 Å². The number of carbonyl (C=O) groups excluding carboxylic acids is 2. The highest BCUT2D eigenvalue weighted by atomic mass is 16.5. The van der Waals surface area contributed by atoms with Gasteiger partial charge >= 0.3 is 0 Å². The Morgan fingerprint density at radius 1 is 1.06 bits per heavy atom. The molecule has 3 aliphatic rings. The van der Waals surface area contributed by atoms with Crippen molar-refractivity contribution in [2.45, 2.75) is 82.6 Å². The van der Waals surface area contributed by atoms with E-state index < -0.39 is 11.5 Å². The zero-order valence-electron chi connectivity index (χ0n) is 26.9. The first kappa shape index (κ1) is 31.2. The number of nitrogens with two attached hydrogens (primary N) is 1. The number of aliphatic hydroxyl groups is 1. The number of nitrogens with one attached hydrogen (secondary N) is 1. The first-order valence-corrected chi connectivity index (χ1v) is 16.4. The van der Waals surface area contributed by atoms with Crippen molar-refractivity contribution in [2.24, 2.45) is 11.1 Å². The first-order chi connectivity index (χ1) is 22.5. The summed E-state index contributed by atoms with van der Waals surface area (Å²) in [7, 11) is 0. The maximum atomic E-state index is 12.9. The zero-order chi connectivity index (χ0) is 32.8. The molecule has 2 amide bonds. The van der Waals surface area contributed by atoms with E-state index >= 15 is 0 Å². The average molecular weight is 643 g/mol. The highest BCUT2D eigenvalue weighted by Crippen LogP contribution is 2.57. The van der Waals surface area contributed by atoms with Gasteiger partial charge in [-0.15, -0.1) is 0 Å².